The smallest absolute Gasteiger partial charge is 0.305 e. The molecule has 3 N–H and O–H groups in total. The van der Waals surface area contributed by atoms with Crippen LogP contribution in [0.5, 0.6) is 0 Å². The van der Waals surface area contributed by atoms with Gasteiger partial charge in [0.2, 0.25) is 0 Å². The molecule has 0 spiro atoms. The summed E-state index contributed by atoms with van der Waals surface area (Å²) < 4.78 is 0. The Morgan fingerprint density at radius 1 is 1.15 bits per heavy atom. The highest BCUT2D eigenvalue weighted by molar-refractivity contribution is 5.95. The second-order valence-corrected chi connectivity index (χ2v) is 5.37. The van der Waals surface area contributed by atoms with Crippen LogP contribution in [0.1, 0.15) is 48.0 Å². The number of hydrogen-bond acceptors (Lipinski definition) is 3. The number of rotatable bonds is 5. The van der Waals surface area contributed by atoms with Crippen LogP contribution in [0.25, 0.3) is 0 Å². The molecule has 0 radical (unpaired) electrons. The normalized spacial score (nSPS) is 16.9. The number of carbonyl (C=O) groups excluding carboxylic acids is 1. The molecular weight excluding hydrogens is 258 g/mol. The average Bonchev–Trinajstić information content (AvgIpc) is 2.86. The van der Waals surface area contributed by atoms with Gasteiger partial charge in [0.1, 0.15) is 0 Å². The average molecular weight is 277 g/mol. The number of benzene rings is 1. The molecule has 5 heteroatoms. The molecule has 1 fully saturated rings. The number of hydrogen-bond donors (Lipinski definition) is 3. The maximum Gasteiger partial charge on any atom is 0.305 e. The van der Waals surface area contributed by atoms with E-state index in [1.807, 2.05) is 0 Å². The lowest BCUT2D eigenvalue weighted by Crippen LogP contribution is -2.47. The topological polar surface area (TPSA) is 86.6 Å². The van der Waals surface area contributed by atoms with Gasteiger partial charge in [-0.2, -0.15) is 0 Å². The molecule has 0 aromatic heterocycles. The van der Waals surface area contributed by atoms with Gasteiger partial charge in [0.15, 0.2) is 0 Å². The molecule has 2 rings (SSSR count). The number of aliphatic hydroxyl groups excluding tert-OH is 1. The summed E-state index contributed by atoms with van der Waals surface area (Å²) in [7, 11) is 0. The summed E-state index contributed by atoms with van der Waals surface area (Å²) in [5.41, 5.74) is 0.611. The number of amides is 1. The van der Waals surface area contributed by atoms with E-state index in [9.17, 15) is 9.59 Å². The second kappa shape index (κ2) is 6.05. The third-order valence-corrected chi connectivity index (χ3v) is 3.83. The van der Waals surface area contributed by atoms with E-state index in [-0.39, 0.29) is 18.9 Å². The van der Waals surface area contributed by atoms with E-state index >= 15 is 0 Å². The predicted octanol–water partition coefficient (Wildman–Crippen LogP) is 1.70. The summed E-state index contributed by atoms with van der Waals surface area (Å²) in [5.74, 6) is -1.14. The van der Waals surface area contributed by atoms with Gasteiger partial charge in [-0.1, -0.05) is 25.0 Å². The molecule has 1 aliphatic rings. The van der Waals surface area contributed by atoms with Crippen molar-refractivity contribution in [2.45, 2.75) is 44.2 Å². The molecule has 1 amide bonds. The Labute approximate surface area is 117 Å². The third-order valence-electron chi connectivity index (χ3n) is 3.83. The van der Waals surface area contributed by atoms with Crippen molar-refractivity contribution in [1.29, 1.82) is 0 Å². The molecule has 108 valence electrons. The third kappa shape index (κ3) is 3.36. The van der Waals surface area contributed by atoms with Crippen LogP contribution in [0.4, 0.5) is 0 Å². The Kier molecular flexibility index (Phi) is 4.39. The fourth-order valence-electron chi connectivity index (χ4n) is 2.76. The number of nitrogens with one attached hydrogen (secondary N) is 1. The van der Waals surface area contributed by atoms with Crippen molar-refractivity contribution < 1.29 is 19.8 Å². The highest BCUT2D eigenvalue weighted by atomic mass is 16.4. The number of carboxylic acid groups (broad SMARTS) is 1. The minimum atomic E-state index is -0.886. The van der Waals surface area contributed by atoms with Gasteiger partial charge in [-0.15, -0.1) is 0 Å². The maximum atomic E-state index is 12.2. The quantitative estimate of drug-likeness (QED) is 0.764. The van der Waals surface area contributed by atoms with Crippen LogP contribution in [0.3, 0.4) is 0 Å². The van der Waals surface area contributed by atoms with Crippen LogP contribution >= 0.6 is 0 Å². The summed E-state index contributed by atoms with van der Waals surface area (Å²) in [6.45, 7) is -0.0646. The highest BCUT2D eigenvalue weighted by Crippen LogP contribution is 2.32. The van der Waals surface area contributed by atoms with Gasteiger partial charge >= 0.3 is 5.97 Å². The first-order valence-electron chi connectivity index (χ1n) is 6.79. The van der Waals surface area contributed by atoms with E-state index in [1.54, 1.807) is 24.3 Å². The Morgan fingerprint density at radius 2 is 1.75 bits per heavy atom. The van der Waals surface area contributed by atoms with Gasteiger partial charge in [0, 0.05) is 5.56 Å². The van der Waals surface area contributed by atoms with Gasteiger partial charge in [-0.3, -0.25) is 9.59 Å². The van der Waals surface area contributed by atoms with E-state index in [4.69, 9.17) is 10.2 Å². The molecule has 0 heterocycles. The van der Waals surface area contributed by atoms with Crippen LogP contribution in [0.15, 0.2) is 24.3 Å². The standard InChI is InChI=1S/C15H19NO4/c17-10-11-3-5-12(6-4-11)14(20)16-15(9-13(18)19)7-1-2-8-15/h3-6,17H,1-2,7-10H2,(H,16,20)(H,18,19). The zero-order chi connectivity index (χ0) is 14.6. The minimum Gasteiger partial charge on any atom is -0.481 e. The lowest BCUT2D eigenvalue weighted by atomic mass is 9.92. The molecule has 0 unspecified atom stereocenters. The van der Waals surface area contributed by atoms with E-state index in [0.717, 1.165) is 18.4 Å². The predicted molar refractivity (Wildman–Crippen MR) is 73.3 cm³/mol. The van der Waals surface area contributed by atoms with Crippen molar-refractivity contribution in [3.63, 3.8) is 0 Å². The molecule has 0 saturated heterocycles. The molecule has 5 nitrogen and oxygen atoms in total. The first-order valence-corrected chi connectivity index (χ1v) is 6.79. The van der Waals surface area contributed by atoms with Crippen LogP contribution in [-0.2, 0) is 11.4 Å². The van der Waals surface area contributed by atoms with Gasteiger partial charge in [0.25, 0.3) is 5.91 Å². The first kappa shape index (κ1) is 14.5. The largest absolute Gasteiger partial charge is 0.481 e. The summed E-state index contributed by atoms with van der Waals surface area (Å²) in [4.78, 5) is 23.2. The fourth-order valence-corrected chi connectivity index (χ4v) is 2.76. The summed E-state index contributed by atoms with van der Waals surface area (Å²) in [6.07, 6.45) is 3.26. The van der Waals surface area contributed by atoms with Crippen LogP contribution < -0.4 is 5.32 Å². The Balaban J connectivity index is 2.09. The zero-order valence-electron chi connectivity index (χ0n) is 11.3. The summed E-state index contributed by atoms with van der Waals surface area (Å²) in [6, 6.07) is 6.66. The van der Waals surface area contributed by atoms with Gasteiger partial charge in [-0.05, 0) is 30.5 Å². The van der Waals surface area contributed by atoms with Crippen molar-refractivity contribution in [1.82, 2.24) is 5.32 Å². The van der Waals surface area contributed by atoms with Crippen molar-refractivity contribution in [2.75, 3.05) is 0 Å². The van der Waals surface area contributed by atoms with Crippen molar-refractivity contribution in [3.05, 3.63) is 35.4 Å². The van der Waals surface area contributed by atoms with Crippen LogP contribution in [-0.4, -0.2) is 27.6 Å². The Hall–Kier alpha value is -1.88. The highest BCUT2D eigenvalue weighted by Gasteiger charge is 2.37. The number of aliphatic carboxylic acids is 1. The lowest BCUT2D eigenvalue weighted by Gasteiger charge is -2.28. The number of carboxylic acids is 1. The molecule has 0 bridgehead atoms. The van der Waals surface area contributed by atoms with Crippen molar-refractivity contribution in [3.8, 4) is 0 Å². The van der Waals surface area contributed by atoms with Crippen molar-refractivity contribution >= 4 is 11.9 Å². The minimum absolute atomic E-state index is 0.0343. The number of aliphatic hydroxyl groups is 1. The fraction of sp³-hybridized carbons (Fsp3) is 0.467. The molecule has 0 aliphatic heterocycles. The molecule has 1 aromatic carbocycles. The molecule has 0 atom stereocenters. The van der Waals surface area contributed by atoms with E-state index < -0.39 is 11.5 Å². The summed E-state index contributed by atoms with van der Waals surface area (Å²) >= 11 is 0. The van der Waals surface area contributed by atoms with Crippen LogP contribution in [0, 0.1) is 0 Å². The molecular formula is C15H19NO4. The van der Waals surface area contributed by atoms with Crippen molar-refractivity contribution in [2.24, 2.45) is 0 Å². The van der Waals surface area contributed by atoms with E-state index in [2.05, 4.69) is 5.32 Å². The van der Waals surface area contributed by atoms with Gasteiger partial charge < -0.3 is 15.5 Å². The number of carbonyl (C=O) groups is 2. The van der Waals surface area contributed by atoms with Gasteiger partial charge in [0.05, 0.1) is 18.6 Å². The maximum absolute atomic E-state index is 12.2. The molecule has 1 aromatic rings. The van der Waals surface area contributed by atoms with Crippen LogP contribution in [0.2, 0.25) is 0 Å². The Morgan fingerprint density at radius 3 is 2.25 bits per heavy atom. The molecule has 1 aliphatic carbocycles. The summed E-state index contributed by atoms with van der Waals surface area (Å²) in [5, 5.41) is 20.9. The second-order valence-electron chi connectivity index (χ2n) is 5.37. The SMILES string of the molecule is O=C(O)CC1(NC(=O)c2ccc(CO)cc2)CCCC1. The van der Waals surface area contributed by atoms with E-state index in [1.165, 1.54) is 0 Å². The van der Waals surface area contributed by atoms with E-state index in [0.29, 0.717) is 18.4 Å². The zero-order valence-corrected chi connectivity index (χ0v) is 11.3. The monoisotopic (exact) mass is 277 g/mol. The first-order chi connectivity index (χ1) is 9.54. The van der Waals surface area contributed by atoms with Gasteiger partial charge in [-0.25, -0.2) is 0 Å². The molecule has 20 heavy (non-hydrogen) atoms. The molecule has 1 saturated carbocycles. The Bertz CT molecular complexity index is 489. The lowest BCUT2D eigenvalue weighted by molar-refractivity contribution is -0.138.